The van der Waals surface area contributed by atoms with Crippen molar-refractivity contribution < 1.29 is 18.3 Å². The second-order valence-electron chi connectivity index (χ2n) is 2.85. The summed E-state index contributed by atoms with van der Waals surface area (Å²) in [7, 11) is 1.26. The van der Waals surface area contributed by atoms with Crippen LogP contribution in [0.3, 0.4) is 0 Å². The Bertz CT molecular complexity index is 423. The maximum Gasteiger partial charge on any atom is 0.356 e. The van der Waals surface area contributed by atoms with Crippen molar-refractivity contribution in [2.75, 3.05) is 12.9 Å². The summed E-state index contributed by atoms with van der Waals surface area (Å²) in [5.41, 5.74) is 0.150. The van der Waals surface area contributed by atoms with Gasteiger partial charge in [0, 0.05) is 11.9 Å². The van der Waals surface area contributed by atoms with Crippen molar-refractivity contribution in [3.05, 3.63) is 30.1 Å². The highest BCUT2D eigenvalue weighted by Gasteiger charge is 2.08. The monoisotopic (exact) mass is 260 g/mol. The van der Waals surface area contributed by atoms with Gasteiger partial charge in [-0.3, -0.25) is 0 Å². The molecule has 0 amide bonds. The van der Waals surface area contributed by atoms with Crippen LogP contribution in [0, 0.1) is 0 Å². The van der Waals surface area contributed by atoms with Crippen molar-refractivity contribution in [2.24, 2.45) is 0 Å². The minimum Gasteiger partial charge on any atom is -0.464 e. The number of hydrogen-bond acceptors (Lipinski definition) is 5. The first-order valence-corrected chi connectivity index (χ1v) is 5.67. The molecule has 0 aliphatic carbocycles. The zero-order valence-electron chi connectivity index (χ0n) is 9.02. The summed E-state index contributed by atoms with van der Waals surface area (Å²) in [6, 6.07) is 1.43. The van der Waals surface area contributed by atoms with Gasteiger partial charge in [-0.2, -0.15) is 8.78 Å². The molecule has 17 heavy (non-hydrogen) atoms. The molecule has 0 unspecified atom stereocenters. The van der Waals surface area contributed by atoms with Crippen LogP contribution in [-0.4, -0.2) is 28.8 Å². The third-order valence-corrected chi connectivity index (χ3v) is 2.57. The third-order valence-electron chi connectivity index (χ3n) is 1.68. The third kappa shape index (κ3) is 4.90. The lowest BCUT2D eigenvalue weighted by molar-refractivity contribution is 0.0593. The number of ether oxygens (including phenoxy) is 1. The lowest BCUT2D eigenvalue weighted by Crippen LogP contribution is -2.05. The van der Waals surface area contributed by atoms with Gasteiger partial charge in [-0.25, -0.2) is 14.8 Å². The van der Waals surface area contributed by atoms with Crippen LogP contribution in [-0.2, 0) is 4.74 Å². The van der Waals surface area contributed by atoms with Gasteiger partial charge in [0.05, 0.1) is 7.11 Å². The zero-order chi connectivity index (χ0) is 12.7. The van der Waals surface area contributed by atoms with Crippen LogP contribution in [0.4, 0.5) is 8.78 Å². The Morgan fingerprint density at radius 1 is 1.59 bits per heavy atom. The molecular weight excluding hydrogens is 250 g/mol. The molecule has 0 atom stereocenters. The normalized spacial score (nSPS) is 9.82. The smallest absolute Gasteiger partial charge is 0.356 e. The van der Waals surface area contributed by atoms with E-state index in [2.05, 4.69) is 14.7 Å². The van der Waals surface area contributed by atoms with E-state index in [1.54, 1.807) is 0 Å². The fourth-order valence-electron chi connectivity index (χ4n) is 0.947. The second-order valence-corrected chi connectivity index (χ2v) is 3.91. The van der Waals surface area contributed by atoms with Crippen LogP contribution < -0.4 is 0 Å². The maximum absolute atomic E-state index is 11.7. The van der Waals surface area contributed by atoms with Gasteiger partial charge in [0.1, 0.15) is 0 Å². The molecule has 92 valence electrons. The van der Waals surface area contributed by atoms with Crippen LogP contribution in [0.5, 0.6) is 0 Å². The number of hydrogen-bond donors (Lipinski definition) is 0. The molecule has 0 aliphatic rings. The number of thioether (sulfide) groups is 1. The van der Waals surface area contributed by atoms with Gasteiger partial charge in [-0.05, 0) is 18.6 Å². The van der Waals surface area contributed by atoms with Crippen LogP contribution in [0.2, 0.25) is 0 Å². The minimum atomic E-state index is -1.70. The van der Waals surface area contributed by atoms with Crippen molar-refractivity contribution in [1.29, 1.82) is 0 Å². The van der Waals surface area contributed by atoms with E-state index in [0.29, 0.717) is 10.9 Å². The zero-order valence-corrected chi connectivity index (χ0v) is 9.84. The average molecular weight is 260 g/mol. The van der Waals surface area contributed by atoms with Gasteiger partial charge in [0.2, 0.25) is 0 Å². The standard InChI is InChI=1S/C10H10F2N2O2S/c1-16-9(15)7-4-5-13-10(14-7)17-6-2-3-8(11)12/h3-5H,2,6H2,1H3. The largest absolute Gasteiger partial charge is 0.464 e. The summed E-state index contributed by atoms with van der Waals surface area (Å²) in [5, 5.41) is 0.362. The first-order chi connectivity index (χ1) is 8.13. The van der Waals surface area contributed by atoms with Gasteiger partial charge >= 0.3 is 5.97 Å². The van der Waals surface area contributed by atoms with Crippen LogP contribution in [0.25, 0.3) is 0 Å². The SMILES string of the molecule is COC(=O)c1ccnc(SCCC=C(F)F)n1. The quantitative estimate of drug-likeness (QED) is 0.352. The molecule has 7 heteroatoms. The molecule has 0 saturated carbocycles. The molecule has 1 aromatic heterocycles. The first kappa shape index (κ1) is 13.6. The molecular formula is C10H10F2N2O2S. The predicted molar refractivity (Wildman–Crippen MR) is 59.0 cm³/mol. The van der Waals surface area contributed by atoms with Crippen LogP contribution >= 0.6 is 11.8 Å². The number of carbonyl (C=O) groups excluding carboxylic acids is 1. The average Bonchev–Trinajstić information content (AvgIpc) is 2.34. The van der Waals surface area contributed by atoms with Crippen molar-refractivity contribution in [2.45, 2.75) is 11.6 Å². The van der Waals surface area contributed by atoms with E-state index in [-0.39, 0.29) is 12.1 Å². The fourth-order valence-corrected chi connectivity index (χ4v) is 1.66. The molecule has 1 heterocycles. The lowest BCUT2D eigenvalue weighted by atomic mass is 10.4. The summed E-state index contributed by atoms with van der Waals surface area (Å²) >= 11 is 1.20. The molecule has 0 aliphatic heterocycles. The van der Waals surface area contributed by atoms with Gasteiger partial charge in [0.15, 0.2) is 10.9 Å². The molecule has 1 aromatic rings. The van der Waals surface area contributed by atoms with Crippen LogP contribution in [0.15, 0.2) is 29.6 Å². The minimum absolute atomic E-state index is 0.150. The Morgan fingerprint density at radius 2 is 2.35 bits per heavy atom. The molecule has 0 spiro atoms. The van der Waals surface area contributed by atoms with E-state index < -0.39 is 12.0 Å². The van der Waals surface area contributed by atoms with Crippen LogP contribution in [0.1, 0.15) is 16.9 Å². The Kier molecular flexibility index (Phi) is 5.55. The maximum atomic E-state index is 11.7. The van der Waals surface area contributed by atoms with Gasteiger partial charge in [-0.1, -0.05) is 11.8 Å². The van der Waals surface area contributed by atoms with E-state index >= 15 is 0 Å². The van der Waals surface area contributed by atoms with Crippen molar-refractivity contribution in [3.63, 3.8) is 0 Å². The number of rotatable bonds is 5. The second kappa shape index (κ2) is 6.95. The number of esters is 1. The van der Waals surface area contributed by atoms with E-state index in [0.717, 1.165) is 6.08 Å². The van der Waals surface area contributed by atoms with Gasteiger partial charge < -0.3 is 4.74 Å². The number of nitrogens with zero attached hydrogens (tertiary/aromatic N) is 2. The van der Waals surface area contributed by atoms with E-state index in [9.17, 15) is 13.6 Å². The number of allylic oxidation sites excluding steroid dienone is 1. The number of halogens is 2. The van der Waals surface area contributed by atoms with Gasteiger partial charge in [0.25, 0.3) is 6.08 Å². The molecule has 0 aromatic carbocycles. The Morgan fingerprint density at radius 3 is 3.00 bits per heavy atom. The topological polar surface area (TPSA) is 52.1 Å². The molecule has 1 rings (SSSR count). The highest BCUT2D eigenvalue weighted by molar-refractivity contribution is 7.99. The summed E-state index contributed by atoms with van der Waals surface area (Å²) in [4.78, 5) is 19.0. The molecule has 4 nitrogen and oxygen atoms in total. The molecule has 0 fully saturated rings. The number of carbonyl (C=O) groups is 1. The summed E-state index contributed by atoms with van der Waals surface area (Å²) in [6.45, 7) is 0. The molecule has 0 N–H and O–H groups in total. The Balaban J connectivity index is 2.54. The Hall–Kier alpha value is -1.50. The molecule has 0 saturated heterocycles. The summed E-state index contributed by atoms with van der Waals surface area (Å²) < 4.78 is 28.0. The molecule has 0 radical (unpaired) electrons. The first-order valence-electron chi connectivity index (χ1n) is 4.69. The lowest BCUT2D eigenvalue weighted by Gasteiger charge is -2.00. The van der Waals surface area contributed by atoms with Crippen molar-refractivity contribution >= 4 is 17.7 Å². The summed E-state index contributed by atoms with van der Waals surface area (Å²) in [5.74, 6) is -0.133. The van der Waals surface area contributed by atoms with Gasteiger partial charge in [-0.15, -0.1) is 0 Å². The van der Waals surface area contributed by atoms with Crippen molar-refractivity contribution in [1.82, 2.24) is 9.97 Å². The van der Waals surface area contributed by atoms with Crippen molar-refractivity contribution in [3.8, 4) is 0 Å². The van der Waals surface area contributed by atoms with E-state index in [1.807, 2.05) is 0 Å². The summed E-state index contributed by atoms with van der Waals surface area (Å²) in [6.07, 6.45) is 0.776. The van der Waals surface area contributed by atoms with E-state index in [4.69, 9.17) is 0 Å². The predicted octanol–water partition coefficient (Wildman–Crippen LogP) is 2.53. The van der Waals surface area contributed by atoms with E-state index in [1.165, 1.54) is 31.1 Å². The highest BCUT2D eigenvalue weighted by atomic mass is 32.2. The fraction of sp³-hybridized carbons (Fsp3) is 0.300. The number of aromatic nitrogens is 2. The Labute approximate surface area is 101 Å². The molecule has 0 bridgehead atoms. The highest BCUT2D eigenvalue weighted by Crippen LogP contribution is 2.15. The number of methoxy groups -OCH3 is 1.